The Morgan fingerprint density at radius 3 is 2.36 bits per heavy atom. The summed E-state index contributed by atoms with van der Waals surface area (Å²) in [5.74, 6) is -0.373. The van der Waals surface area contributed by atoms with Crippen LogP contribution in [0.1, 0.15) is 21.5 Å². The predicted octanol–water partition coefficient (Wildman–Crippen LogP) is 6.17. The van der Waals surface area contributed by atoms with E-state index >= 15 is 0 Å². The number of carbonyl (C=O) groups is 2. The molecule has 0 saturated carbocycles. The van der Waals surface area contributed by atoms with Crippen LogP contribution in [-0.4, -0.2) is 18.1 Å². The van der Waals surface area contributed by atoms with Gasteiger partial charge in [0.1, 0.15) is 5.75 Å². The molecule has 33 heavy (non-hydrogen) atoms. The minimum Gasteiger partial charge on any atom is -0.423 e. The number of hydrazone groups is 1. The Bertz CT molecular complexity index is 1350. The number of benzene rings is 4. The lowest BCUT2D eigenvalue weighted by Crippen LogP contribution is -2.19. The average Bonchev–Trinajstić information content (AvgIpc) is 2.82. The number of hydrogen-bond donors (Lipinski definition) is 1. The summed E-state index contributed by atoms with van der Waals surface area (Å²) in [4.78, 5) is 24.6. The molecule has 0 unspecified atom stereocenters. The molecule has 5 nitrogen and oxygen atoms in total. The predicted molar refractivity (Wildman–Crippen MR) is 134 cm³/mol. The van der Waals surface area contributed by atoms with Crippen LogP contribution < -0.4 is 10.2 Å². The molecular weight excluding hydrogens is 504 g/mol. The Morgan fingerprint density at radius 1 is 0.909 bits per heavy atom. The number of nitrogens with zero attached hydrogens (tertiary/aromatic N) is 1. The van der Waals surface area contributed by atoms with Crippen LogP contribution in [0, 0.1) is 0 Å². The van der Waals surface area contributed by atoms with E-state index in [1.54, 1.807) is 48.5 Å². The molecule has 1 amide bonds. The van der Waals surface area contributed by atoms with Crippen molar-refractivity contribution in [1.29, 1.82) is 0 Å². The first-order valence-corrected chi connectivity index (χ1v) is 11.2. The van der Waals surface area contributed by atoms with Gasteiger partial charge in [-0.05, 0) is 64.4 Å². The molecule has 0 fully saturated rings. The van der Waals surface area contributed by atoms with Crippen molar-refractivity contribution in [1.82, 2.24) is 5.43 Å². The molecule has 0 aliphatic carbocycles. The minimum atomic E-state index is -0.533. The quantitative estimate of drug-likeness (QED) is 0.143. The summed E-state index contributed by atoms with van der Waals surface area (Å²) in [5.41, 5.74) is 4.51. The first kappa shape index (κ1) is 22.7. The molecule has 0 atom stereocenters. The zero-order valence-electron chi connectivity index (χ0n) is 17.3. The van der Waals surface area contributed by atoms with Crippen molar-refractivity contribution in [3.63, 3.8) is 0 Å². The summed E-state index contributed by atoms with van der Waals surface area (Å²) in [6, 6.07) is 25.2. The van der Waals surface area contributed by atoms with Crippen LogP contribution in [0.15, 0.2) is 94.5 Å². The molecule has 0 spiro atoms. The van der Waals surface area contributed by atoms with E-state index in [9.17, 15) is 9.59 Å². The lowest BCUT2D eigenvalue weighted by atomic mass is 10.0. The second-order valence-electron chi connectivity index (χ2n) is 7.16. The topological polar surface area (TPSA) is 67.8 Å². The van der Waals surface area contributed by atoms with Crippen molar-refractivity contribution in [2.75, 3.05) is 0 Å². The van der Waals surface area contributed by atoms with Gasteiger partial charge in [-0.1, -0.05) is 70.0 Å². The van der Waals surface area contributed by atoms with Crippen LogP contribution in [0.2, 0.25) is 5.02 Å². The molecule has 1 N–H and O–H groups in total. The Kier molecular flexibility index (Phi) is 7.17. The van der Waals surface area contributed by atoms with Crippen LogP contribution in [0.3, 0.4) is 0 Å². The van der Waals surface area contributed by atoms with Crippen LogP contribution in [0.25, 0.3) is 10.8 Å². The number of ether oxygens (including phenoxy) is 1. The van der Waals surface area contributed by atoms with Gasteiger partial charge >= 0.3 is 5.97 Å². The van der Waals surface area contributed by atoms with E-state index in [1.807, 2.05) is 36.4 Å². The molecule has 164 valence electrons. The van der Waals surface area contributed by atoms with Crippen molar-refractivity contribution in [3.05, 3.63) is 111 Å². The summed E-state index contributed by atoms with van der Waals surface area (Å²) in [6.45, 7) is 0. The monoisotopic (exact) mass is 520 g/mol. The maximum Gasteiger partial charge on any atom is 0.345 e. The summed E-state index contributed by atoms with van der Waals surface area (Å²) < 4.78 is 6.34. The van der Waals surface area contributed by atoms with E-state index in [2.05, 4.69) is 26.5 Å². The molecule has 0 aromatic heterocycles. The van der Waals surface area contributed by atoms with E-state index in [-0.39, 0.29) is 12.3 Å². The van der Waals surface area contributed by atoms with E-state index in [0.29, 0.717) is 16.3 Å². The highest BCUT2D eigenvalue weighted by atomic mass is 79.9. The number of nitrogens with one attached hydrogen (secondary N) is 1. The zero-order chi connectivity index (χ0) is 23.2. The SMILES string of the molecule is O=C(Cc1ccc(Br)c2ccccc12)N/N=C/c1ccc(OC(=O)c2ccccc2Cl)cc1. The molecular formula is C26H18BrClN2O3. The molecule has 0 saturated heterocycles. The van der Waals surface area contributed by atoms with E-state index in [0.717, 1.165) is 26.4 Å². The third-order valence-electron chi connectivity index (χ3n) is 4.90. The van der Waals surface area contributed by atoms with Gasteiger partial charge in [0.25, 0.3) is 0 Å². The van der Waals surface area contributed by atoms with Crippen molar-refractivity contribution in [2.24, 2.45) is 5.10 Å². The first-order chi connectivity index (χ1) is 16.0. The molecule has 4 rings (SSSR count). The van der Waals surface area contributed by atoms with Gasteiger partial charge in [0.2, 0.25) is 5.91 Å². The summed E-state index contributed by atoms with van der Waals surface area (Å²) in [6.07, 6.45) is 1.74. The zero-order valence-corrected chi connectivity index (χ0v) is 19.6. The second kappa shape index (κ2) is 10.4. The largest absolute Gasteiger partial charge is 0.423 e. The Morgan fingerprint density at radius 2 is 1.61 bits per heavy atom. The number of fused-ring (bicyclic) bond motifs is 1. The third-order valence-corrected chi connectivity index (χ3v) is 5.92. The lowest BCUT2D eigenvalue weighted by molar-refractivity contribution is -0.120. The normalized spacial score (nSPS) is 11.0. The molecule has 4 aromatic carbocycles. The molecule has 0 bridgehead atoms. The highest BCUT2D eigenvalue weighted by Gasteiger charge is 2.12. The number of halogens is 2. The fourth-order valence-electron chi connectivity index (χ4n) is 3.28. The number of carbonyl (C=O) groups excluding carboxylic acids is 2. The van der Waals surface area contributed by atoms with Gasteiger partial charge in [-0.3, -0.25) is 4.79 Å². The van der Waals surface area contributed by atoms with Crippen molar-refractivity contribution in [3.8, 4) is 5.75 Å². The Balaban J connectivity index is 1.34. The van der Waals surface area contributed by atoms with Gasteiger partial charge in [0.15, 0.2) is 0 Å². The fraction of sp³-hybridized carbons (Fsp3) is 0.0385. The van der Waals surface area contributed by atoms with Gasteiger partial charge in [-0.15, -0.1) is 0 Å². The highest BCUT2D eigenvalue weighted by molar-refractivity contribution is 9.10. The van der Waals surface area contributed by atoms with Gasteiger partial charge in [-0.2, -0.15) is 5.10 Å². The number of amides is 1. The number of hydrogen-bond acceptors (Lipinski definition) is 4. The van der Waals surface area contributed by atoms with E-state index in [1.165, 1.54) is 6.21 Å². The molecule has 0 heterocycles. The van der Waals surface area contributed by atoms with Crippen LogP contribution in [0.5, 0.6) is 5.75 Å². The van der Waals surface area contributed by atoms with Gasteiger partial charge in [0.05, 0.1) is 23.2 Å². The average molecular weight is 522 g/mol. The molecule has 4 aromatic rings. The van der Waals surface area contributed by atoms with Crippen LogP contribution in [0.4, 0.5) is 0 Å². The minimum absolute atomic E-state index is 0.210. The summed E-state index contributed by atoms with van der Waals surface area (Å²) in [7, 11) is 0. The van der Waals surface area contributed by atoms with Gasteiger partial charge in [-0.25, -0.2) is 10.2 Å². The van der Waals surface area contributed by atoms with Gasteiger partial charge < -0.3 is 4.74 Å². The maximum atomic E-state index is 12.4. The summed E-state index contributed by atoms with van der Waals surface area (Å²) >= 11 is 9.57. The maximum absolute atomic E-state index is 12.4. The smallest absolute Gasteiger partial charge is 0.345 e. The number of esters is 1. The lowest BCUT2D eigenvalue weighted by Gasteiger charge is -2.07. The molecule has 0 aliphatic rings. The van der Waals surface area contributed by atoms with Crippen molar-refractivity contribution < 1.29 is 14.3 Å². The Hall–Kier alpha value is -3.48. The summed E-state index contributed by atoms with van der Waals surface area (Å²) in [5, 5.41) is 6.44. The van der Waals surface area contributed by atoms with Crippen molar-refractivity contribution >= 4 is 56.4 Å². The highest BCUT2D eigenvalue weighted by Crippen LogP contribution is 2.27. The van der Waals surface area contributed by atoms with Crippen LogP contribution in [-0.2, 0) is 11.2 Å². The Labute approximate surface area is 204 Å². The second-order valence-corrected chi connectivity index (χ2v) is 8.42. The standard InChI is InChI=1S/C26H18BrClN2O3/c27-23-14-11-18(20-5-1-2-6-21(20)23)15-25(31)30-29-16-17-9-12-19(13-10-17)33-26(32)22-7-3-4-8-24(22)28/h1-14,16H,15H2,(H,30,31)/b29-16+. The number of rotatable bonds is 6. The first-order valence-electron chi connectivity index (χ1n) is 10.1. The third kappa shape index (κ3) is 5.66. The molecule has 0 radical (unpaired) electrons. The van der Waals surface area contributed by atoms with E-state index in [4.69, 9.17) is 16.3 Å². The fourth-order valence-corrected chi connectivity index (χ4v) is 3.97. The molecule has 7 heteroatoms. The molecule has 0 aliphatic heterocycles. The van der Waals surface area contributed by atoms with Crippen molar-refractivity contribution in [2.45, 2.75) is 6.42 Å². The van der Waals surface area contributed by atoms with Crippen LogP contribution >= 0.6 is 27.5 Å². The van der Waals surface area contributed by atoms with E-state index < -0.39 is 5.97 Å². The van der Waals surface area contributed by atoms with Gasteiger partial charge in [0, 0.05) is 4.47 Å².